The van der Waals surface area contributed by atoms with Crippen LogP contribution in [-0.4, -0.2) is 19.9 Å². The van der Waals surface area contributed by atoms with Crippen molar-refractivity contribution in [3.8, 4) is 0 Å². The summed E-state index contributed by atoms with van der Waals surface area (Å²) in [4.78, 5) is 3.97. The van der Waals surface area contributed by atoms with Crippen LogP contribution in [0.25, 0.3) is 0 Å². The zero-order valence-electron chi connectivity index (χ0n) is 13.0. The standard InChI is InChI=1S/C17H22FN3O/c1-16(2)8-7-13(10-21-12-19-11-20-21)9-17(16,22)14-3-5-15(18)6-4-14/h3-6,11-13,22H,7-10H2,1-2H3/t13-,17+/m0/s1. The molecule has 118 valence electrons. The maximum atomic E-state index is 13.2. The molecule has 0 bridgehead atoms. The predicted molar refractivity (Wildman–Crippen MR) is 81.4 cm³/mol. The summed E-state index contributed by atoms with van der Waals surface area (Å²) < 4.78 is 15.0. The molecule has 4 nitrogen and oxygen atoms in total. The number of aliphatic hydroxyl groups is 1. The third-order valence-corrected chi connectivity index (χ3v) is 5.11. The molecule has 3 rings (SSSR count). The van der Waals surface area contributed by atoms with Crippen LogP contribution in [0.5, 0.6) is 0 Å². The average molecular weight is 303 g/mol. The Kier molecular flexibility index (Phi) is 3.77. The van der Waals surface area contributed by atoms with E-state index in [-0.39, 0.29) is 11.2 Å². The minimum absolute atomic E-state index is 0.246. The summed E-state index contributed by atoms with van der Waals surface area (Å²) in [6.07, 6.45) is 5.83. The van der Waals surface area contributed by atoms with Gasteiger partial charge in [0.25, 0.3) is 0 Å². The summed E-state index contributed by atoms with van der Waals surface area (Å²) in [6.45, 7) is 4.92. The van der Waals surface area contributed by atoms with E-state index in [0.29, 0.717) is 12.3 Å². The molecule has 22 heavy (non-hydrogen) atoms. The Balaban J connectivity index is 1.86. The fourth-order valence-corrected chi connectivity index (χ4v) is 3.55. The van der Waals surface area contributed by atoms with Crippen LogP contribution in [0.2, 0.25) is 0 Å². The van der Waals surface area contributed by atoms with Crippen molar-refractivity contribution in [1.29, 1.82) is 0 Å². The summed E-state index contributed by atoms with van der Waals surface area (Å²) in [7, 11) is 0. The number of hydrogen-bond donors (Lipinski definition) is 1. The molecule has 1 aromatic carbocycles. The molecule has 2 aromatic rings. The predicted octanol–water partition coefficient (Wildman–Crippen LogP) is 3.13. The van der Waals surface area contributed by atoms with Crippen molar-refractivity contribution in [1.82, 2.24) is 14.8 Å². The van der Waals surface area contributed by atoms with Gasteiger partial charge in [0.15, 0.2) is 0 Å². The highest BCUT2D eigenvalue weighted by Gasteiger charge is 2.49. The molecule has 2 atom stereocenters. The molecule has 0 amide bonds. The van der Waals surface area contributed by atoms with Gasteiger partial charge < -0.3 is 5.11 Å². The molecule has 5 heteroatoms. The maximum absolute atomic E-state index is 13.2. The van der Waals surface area contributed by atoms with Crippen molar-refractivity contribution in [2.24, 2.45) is 11.3 Å². The van der Waals surface area contributed by atoms with E-state index >= 15 is 0 Å². The Morgan fingerprint density at radius 1 is 1.32 bits per heavy atom. The largest absolute Gasteiger partial charge is 0.385 e. The number of hydrogen-bond acceptors (Lipinski definition) is 3. The van der Waals surface area contributed by atoms with E-state index in [1.165, 1.54) is 18.5 Å². The van der Waals surface area contributed by atoms with Gasteiger partial charge in [-0.3, -0.25) is 4.68 Å². The number of nitrogens with zero attached hydrogens (tertiary/aromatic N) is 3. The molecule has 0 aliphatic heterocycles. The molecule has 1 aromatic heterocycles. The first kappa shape index (κ1) is 15.2. The van der Waals surface area contributed by atoms with Crippen molar-refractivity contribution in [3.05, 3.63) is 48.3 Å². The van der Waals surface area contributed by atoms with Crippen LogP contribution in [0.1, 0.15) is 38.7 Å². The molecule has 0 spiro atoms. The molecule has 1 aliphatic rings. The van der Waals surface area contributed by atoms with Crippen LogP contribution in [-0.2, 0) is 12.1 Å². The second kappa shape index (κ2) is 5.47. The molecule has 1 aliphatic carbocycles. The number of benzene rings is 1. The molecular weight excluding hydrogens is 281 g/mol. The lowest BCUT2D eigenvalue weighted by atomic mass is 9.60. The summed E-state index contributed by atoms with van der Waals surface area (Å²) >= 11 is 0. The molecular formula is C17H22FN3O. The lowest BCUT2D eigenvalue weighted by molar-refractivity contribution is -0.122. The minimum atomic E-state index is -0.954. The van der Waals surface area contributed by atoms with Crippen LogP contribution >= 0.6 is 0 Å². The van der Waals surface area contributed by atoms with Crippen LogP contribution in [0.15, 0.2) is 36.9 Å². The van der Waals surface area contributed by atoms with Crippen molar-refractivity contribution in [2.75, 3.05) is 0 Å². The topological polar surface area (TPSA) is 50.9 Å². The summed E-state index contributed by atoms with van der Waals surface area (Å²) in [5.41, 5.74) is -0.407. The molecule has 1 saturated carbocycles. The fraction of sp³-hybridized carbons (Fsp3) is 0.529. The van der Waals surface area contributed by atoms with E-state index in [1.54, 1.807) is 18.5 Å². The van der Waals surface area contributed by atoms with Crippen LogP contribution < -0.4 is 0 Å². The Bertz CT molecular complexity index is 624. The zero-order chi connectivity index (χ0) is 15.8. The zero-order valence-corrected chi connectivity index (χ0v) is 13.0. The van der Waals surface area contributed by atoms with E-state index in [4.69, 9.17) is 0 Å². The lowest BCUT2D eigenvalue weighted by Crippen LogP contribution is -2.47. The second-order valence-corrected chi connectivity index (χ2v) is 6.98. The third kappa shape index (κ3) is 2.65. The lowest BCUT2D eigenvalue weighted by Gasteiger charge is -2.49. The van der Waals surface area contributed by atoms with Gasteiger partial charge in [0, 0.05) is 6.54 Å². The van der Waals surface area contributed by atoms with E-state index in [0.717, 1.165) is 24.9 Å². The highest BCUT2D eigenvalue weighted by atomic mass is 19.1. The first-order chi connectivity index (χ1) is 10.4. The Morgan fingerprint density at radius 2 is 2.05 bits per heavy atom. The highest BCUT2D eigenvalue weighted by molar-refractivity contribution is 5.26. The van der Waals surface area contributed by atoms with E-state index in [2.05, 4.69) is 23.9 Å². The van der Waals surface area contributed by atoms with E-state index in [9.17, 15) is 9.50 Å². The molecule has 0 saturated heterocycles. The summed E-state index contributed by atoms with van der Waals surface area (Å²) in [5.74, 6) is 0.0462. The van der Waals surface area contributed by atoms with Gasteiger partial charge in [0.05, 0.1) is 5.60 Å². The molecule has 1 fully saturated rings. The minimum Gasteiger partial charge on any atom is -0.385 e. The number of rotatable bonds is 3. The summed E-state index contributed by atoms with van der Waals surface area (Å²) in [6, 6.07) is 6.25. The fourth-order valence-electron chi connectivity index (χ4n) is 3.55. The number of halogens is 1. The number of aromatic nitrogens is 3. The smallest absolute Gasteiger partial charge is 0.137 e. The van der Waals surface area contributed by atoms with Crippen LogP contribution in [0, 0.1) is 17.2 Å². The molecule has 0 unspecified atom stereocenters. The van der Waals surface area contributed by atoms with Crippen molar-refractivity contribution in [2.45, 2.75) is 45.3 Å². The maximum Gasteiger partial charge on any atom is 0.137 e. The van der Waals surface area contributed by atoms with Crippen LogP contribution in [0.3, 0.4) is 0 Å². The van der Waals surface area contributed by atoms with Gasteiger partial charge in [-0.15, -0.1) is 0 Å². The van der Waals surface area contributed by atoms with Gasteiger partial charge in [0.2, 0.25) is 0 Å². The first-order valence-corrected chi connectivity index (χ1v) is 7.71. The normalized spacial score (nSPS) is 27.7. The van der Waals surface area contributed by atoms with Gasteiger partial charge in [-0.1, -0.05) is 26.0 Å². The van der Waals surface area contributed by atoms with Crippen molar-refractivity contribution < 1.29 is 9.50 Å². The van der Waals surface area contributed by atoms with Gasteiger partial charge in [-0.25, -0.2) is 9.37 Å². The molecule has 0 radical (unpaired) electrons. The van der Waals surface area contributed by atoms with Gasteiger partial charge in [-0.05, 0) is 48.3 Å². The third-order valence-electron chi connectivity index (χ3n) is 5.11. The van der Waals surface area contributed by atoms with Crippen molar-refractivity contribution >= 4 is 0 Å². The molecule has 1 heterocycles. The average Bonchev–Trinajstić information content (AvgIpc) is 2.97. The van der Waals surface area contributed by atoms with Gasteiger partial charge in [-0.2, -0.15) is 5.10 Å². The Morgan fingerprint density at radius 3 is 2.68 bits per heavy atom. The Labute approximate surface area is 130 Å². The quantitative estimate of drug-likeness (QED) is 0.947. The highest BCUT2D eigenvalue weighted by Crippen LogP contribution is 2.52. The van der Waals surface area contributed by atoms with E-state index < -0.39 is 5.60 Å². The van der Waals surface area contributed by atoms with Gasteiger partial charge in [0.1, 0.15) is 18.5 Å². The monoisotopic (exact) mass is 303 g/mol. The second-order valence-electron chi connectivity index (χ2n) is 6.98. The van der Waals surface area contributed by atoms with Crippen LogP contribution in [0.4, 0.5) is 4.39 Å². The van der Waals surface area contributed by atoms with E-state index in [1.807, 2.05) is 4.68 Å². The van der Waals surface area contributed by atoms with Gasteiger partial charge >= 0.3 is 0 Å². The first-order valence-electron chi connectivity index (χ1n) is 7.71. The Hall–Kier alpha value is -1.75. The molecule has 1 N–H and O–H groups in total. The van der Waals surface area contributed by atoms with Crippen molar-refractivity contribution in [3.63, 3.8) is 0 Å². The summed E-state index contributed by atoms with van der Waals surface area (Å²) in [5, 5.41) is 15.5. The SMILES string of the molecule is CC1(C)CC[C@H](Cn2cncn2)C[C@@]1(O)c1ccc(F)cc1.